The van der Waals surface area contributed by atoms with Crippen LogP contribution in [0.5, 0.6) is 0 Å². The summed E-state index contributed by atoms with van der Waals surface area (Å²) < 4.78 is 0. The van der Waals surface area contributed by atoms with Gasteiger partial charge in [0.25, 0.3) is 0 Å². The third kappa shape index (κ3) is 4.35. The molecule has 1 amide bonds. The lowest BCUT2D eigenvalue weighted by Crippen LogP contribution is -2.41. The SMILES string of the molecule is CCC(C)(C)NC(=O)/C=C/c1cccc(Cl)c1Cl. The topological polar surface area (TPSA) is 29.1 Å². The fraction of sp³-hybridized carbons (Fsp3) is 0.357. The quantitative estimate of drug-likeness (QED) is 0.821. The van der Waals surface area contributed by atoms with Crippen molar-refractivity contribution in [2.75, 3.05) is 0 Å². The first-order valence-electron chi connectivity index (χ1n) is 5.80. The Kier molecular flexibility index (Phi) is 5.24. The van der Waals surface area contributed by atoms with Gasteiger partial charge in [-0.3, -0.25) is 4.79 Å². The highest BCUT2D eigenvalue weighted by Crippen LogP contribution is 2.26. The summed E-state index contributed by atoms with van der Waals surface area (Å²) >= 11 is 11.9. The van der Waals surface area contributed by atoms with Gasteiger partial charge in [-0.2, -0.15) is 0 Å². The van der Waals surface area contributed by atoms with Crippen molar-refractivity contribution in [3.05, 3.63) is 39.9 Å². The molecule has 0 heterocycles. The molecule has 0 aliphatic heterocycles. The van der Waals surface area contributed by atoms with Gasteiger partial charge >= 0.3 is 0 Å². The highest BCUT2D eigenvalue weighted by molar-refractivity contribution is 6.42. The first-order chi connectivity index (χ1) is 8.35. The summed E-state index contributed by atoms with van der Waals surface area (Å²) in [5, 5.41) is 3.84. The molecule has 0 aliphatic rings. The molecule has 0 unspecified atom stereocenters. The maximum atomic E-state index is 11.7. The minimum Gasteiger partial charge on any atom is -0.348 e. The first-order valence-corrected chi connectivity index (χ1v) is 6.55. The average Bonchev–Trinajstić information content (AvgIpc) is 2.30. The maximum Gasteiger partial charge on any atom is 0.244 e. The van der Waals surface area contributed by atoms with Crippen LogP contribution < -0.4 is 5.32 Å². The number of benzene rings is 1. The van der Waals surface area contributed by atoms with Crippen molar-refractivity contribution in [3.63, 3.8) is 0 Å². The average molecular weight is 286 g/mol. The van der Waals surface area contributed by atoms with Crippen molar-refractivity contribution in [1.82, 2.24) is 5.32 Å². The first kappa shape index (κ1) is 15.1. The predicted molar refractivity (Wildman–Crippen MR) is 78.0 cm³/mol. The van der Waals surface area contributed by atoms with Crippen molar-refractivity contribution in [2.24, 2.45) is 0 Å². The second-order valence-corrected chi connectivity index (χ2v) is 5.49. The molecule has 0 bridgehead atoms. The zero-order valence-electron chi connectivity index (χ0n) is 10.8. The van der Waals surface area contributed by atoms with Gasteiger partial charge in [-0.15, -0.1) is 0 Å². The van der Waals surface area contributed by atoms with E-state index < -0.39 is 0 Å². The number of carbonyl (C=O) groups excluding carboxylic acids is 1. The van der Waals surface area contributed by atoms with E-state index >= 15 is 0 Å². The van der Waals surface area contributed by atoms with Crippen molar-refractivity contribution < 1.29 is 4.79 Å². The Morgan fingerprint density at radius 1 is 1.39 bits per heavy atom. The fourth-order valence-electron chi connectivity index (χ4n) is 1.28. The van der Waals surface area contributed by atoms with E-state index in [4.69, 9.17) is 23.2 Å². The predicted octanol–water partition coefficient (Wildman–Crippen LogP) is 4.31. The Morgan fingerprint density at radius 2 is 2.06 bits per heavy atom. The molecule has 0 aliphatic carbocycles. The van der Waals surface area contributed by atoms with E-state index in [-0.39, 0.29) is 11.4 Å². The number of hydrogen-bond acceptors (Lipinski definition) is 1. The number of rotatable bonds is 4. The normalized spacial score (nSPS) is 11.8. The maximum absolute atomic E-state index is 11.7. The van der Waals surface area contributed by atoms with Gasteiger partial charge in [0.05, 0.1) is 10.0 Å². The minimum absolute atomic E-state index is 0.141. The van der Waals surface area contributed by atoms with Gasteiger partial charge in [-0.25, -0.2) is 0 Å². The van der Waals surface area contributed by atoms with Crippen molar-refractivity contribution in [3.8, 4) is 0 Å². The van der Waals surface area contributed by atoms with Crippen LogP contribution in [0.3, 0.4) is 0 Å². The fourth-order valence-corrected chi connectivity index (χ4v) is 1.65. The van der Waals surface area contributed by atoms with Gasteiger partial charge in [0.1, 0.15) is 0 Å². The third-order valence-corrected chi connectivity index (χ3v) is 3.57. The molecule has 4 heteroatoms. The van der Waals surface area contributed by atoms with Crippen LogP contribution in [-0.4, -0.2) is 11.4 Å². The third-order valence-electron chi connectivity index (χ3n) is 2.74. The zero-order valence-corrected chi connectivity index (χ0v) is 12.3. The van der Waals surface area contributed by atoms with Crippen LogP contribution in [0, 0.1) is 0 Å². The second kappa shape index (κ2) is 6.26. The molecule has 18 heavy (non-hydrogen) atoms. The molecule has 1 rings (SSSR count). The van der Waals surface area contributed by atoms with Crippen LogP contribution in [0.25, 0.3) is 6.08 Å². The van der Waals surface area contributed by atoms with Crippen LogP contribution in [0.1, 0.15) is 32.8 Å². The summed E-state index contributed by atoms with van der Waals surface area (Å²) in [6.45, 7) is 5.98. The van der Waals surface area contributed by atoms with Crippen LogP contribution in [0.15, 0.2) is 24.3 Å². The molecular weight excluding hydrogens is 269 g/mol. The monoisotopic (exact) mass is 285 g/mol. The Morgan fingerprint density at radius 3 is 2.67 bits per heavy atom. The van der Waals surface area contributed by atoms with E-state index in [1.807, 2.05) is 26.8 Å². The number of hydrogen-bond donors (Lipinski definition) is 1. The van der Waals surface area contributed by atoms with Crippen molar-refractivity contribution in [2.45, 2.75) is 32.7 Å². The molecule has 1 aromatic rings. The van der Waals surface area contributed by atoms with Gasteiger partial charge in [-0.1, -0.05) is 42.3 Å². The molecule has 2 nitrogen and oxygen atoms in total. The van der Waals surface area contributed by atoms with Gasteiger partial charge in [0, 0.05) is 11.6 Å². The Bertz CT molecular complexity index is 467. The number of amides is 1. The van der Waals surface area contributed by atoms with Crippen LogP contribution in [-0.2, 0) is 4.79 Å². The molecule has 0 radical (unpaired) electrons. The molecule has 1 N–H and O–H groups in total. The molecular formula is C14H17Cl2NO. The Labute approximate surface area is 118 Å². The lowest BCUT2D eigenvalue weighted by molar-refractivity contribution is -0.117. The second-order valence-electron chi connectivity index (χ2n) is 4.70. The van der Waals surface area contributed by atoms with Gasteiger partial charge < -0.3 is 5.32 Å². The van der Waals surface area contributed by atoms with Crippen molar-refractivity contribution >= 4 is 35.2 Å². The number of carbonyl (C=O) groups is 1. The van der Waals surface area contributed by atoms with Crippen LogP contribution in [0.4, 0.5) is 0 Å². The molecule has 1 aromatic carbocycles. The van der Waals surface area contributed by atoms with E-state index in [0.29, 0.717) is 10.0 Å². The molecule has 0 aromatic heterocycles. The summed E-state index contributed by atoms with van der Waals surface area (Å²) in [5.74, 6) is -0.141. The summed E-state index contributed by atoms with van der Waals surface area (Å²) in [4.78, 5) is 11.7. The Hall–Kier alpha value is -0.990. The lowest BCUT2D eigenvalue weighted by atomic mass is 10.0. The number of nitrogens with one attached hydrogen (secondary N) is 1. The van der Waals surface area contributed by atoms with Crippen molar-refractivity contribution in [1.29, 1.82) is 0 Å². The summed E-state index contributed by atoms with van der Waals surface area (Å²) in [6.07, 6.45) is 3.99. The number of halogens is 2. The standard InChI is InChI=1S/C14H17Cl2NO/c1-4-14(2,3)17-12(18)9-8-10-6-5-7-11(15)13(10)16/h5-9H,4H2,1-3H3,(H,17,18)/b9-8+. The smallest absolute Gasteiger partial charge is 0.244 e. The van der Waals surface area contributed by atoms with Crippen LogP contribution >= 0.6 is 23.2 Å². The molecule has 98 valence electrons. The van der Waals surface area contributed by atoms with Gasteiger partial charge in [-0.05, 0) is 38.0 Å². The lowest BCUT2D eigenvalue weighted by Gasteiger charge is -2.23. The highest BCUT2D eigenvalue weighted by Gasteiger charge is 2.15. The molecule has 0 atom stereocenters. The Balaban J connectivity index is 2.76. The largest absolute Gasteiger partial charge is 0.348 e. The van der Waals surface area contributed by atoms with E-state index in [2.05, 4.69) is 5.32 Å². The van der Waals surface area contributed by atoms with Crippen LogP contribution in [0.2, 0.25) is 10.0 Å². The summed E-state index contributed by atoms with van der Waals surface area (Å²) in [5.41, 5.74) is 0.521. The van der Waals surface area contributed by atoms with E-state index in [1.165, 1.54) is 6.08 Å². The van der Waals surface area contributed by atoms with E-state index in [0.717, 1.165) is 12.0 Å². The molecule has 0 spiro atoms. The molecule has 0 saturated heterocycles. The van der Waals surface area contributed by atoms with E-state index in [9.17, 15) is 4.79 Å². The molecule has 0 saturated carbocycles. The summed E-state index contributed by atoms with van der Waals surface area (Å²) in [6, 6.07) is 5.31. The van der Waals surface area contributed by atoms with Gasteiger partial charge in [0.2, 0.25) is 5.91 Å². The molecule has 0 fully saturated rings. The van der Waals surface area contributed by atoms with Gasteiger partial charge in [0.15, 0.2) is 0 Å². The minimum atomic E-state index is -0.209. The van der Waals surface area contributed by atoms with E-state index in [1.54, 1.807) is 18.2 Å². The summed E-state index contributed by atoms with van der Waals surface area (Å²) in [7, 11) is 0. The zero-order chi connectivity index (χ0) is 13.8. The highest BCUT2D eigenvalue weighted by atomic mass is 35.5.